The summed E-state index contributed by atoms with van der Waals surface area (Å²) in [6, 6.07) is 5.57. The maximum absolute atomic E-state index is 5.28. The van der Waals surface area contributed by atoms with Gasteiger partial charge in [0.1, 0.15) is 12.0 Å². The van der Waals surface area contributed by atoms with E-state index in [4.69, 9.17) is 4.42 Å². The normalized spacial score (nSPS) is 11.1. The zero-order valence-electron chi connectivity index (χ0n) is 8.49. The molecule has 3 aromatic heterocycles. The molecular formula is C10H8N4OS. The van der Waals surface area contributed by atoms with Crippen molar-refractivity contribution in [3.8, 4) is 11.5 Å². The van der Waals surface area contributed by atoms with Crippen LogP contribution < -0.4 is 0 Å². The lowest BCUT2D eigenvalue weighted by Crippen LogP contribution is -1.93. The van der Waals surface area contributed by atoms with Crippen molar-refractivity contribution in [1.29, 1.82) is 0 Å². The van der Waals surface area contributed by atoms with Crippen LogP contribution in [0.15, 0.2) is 40.4 Å². The van der Waals surface area contributed by atoms with E-state index in [1.54, 1.807) is 17.1 Å². The molecule has 0 aliphatic heterocycles. The van der Waals surface area contributed by atoms with Crippen molar-refractivity contribution in [2.24, 2.45) is 0 Å². The highest BCUT2D eigenvalue weighted by Crippen LogP contribution is 2.19. The monoisotopic (exact) mass is 232 g/mol. The summed E-state index contributed by atoms with van der Waals surface area (Å²) in [7, 11) is 0. The second-order valence-electron chi connectivity index (χ2n) is 3.15. The number of fused-ring (bicyclic) bond motifs is 1. The van der Waals surface area contributed by atoms with Crippen molar-refractivity contribution in [3.63, 3.8) is 0 Å². The largest absolute Gasteiger partial charge is 0.463 e. The van der Waals surface area contributed by atoms with Gasteiger partial charge in [-0.25, -0.2) is 14.5 Å². The van der Waals surface area contributed by atoms with Gasteiger partial charge in [0, 0.05) is 6.07 Å². The van der Waals surface area contributed by atoms with Crippen molar-refractivity contribution in [2.45, 2.75) is 5.16 Å². The summed E-state index contributed by atoms with van der Waals surface area (Å²) in [6.07, 6.45) is 5.22. The topological polar surface area (TPSA) is 56.2 Å². The number of furan rings is 1. The summed E-state index contributed by atoms with van der Waals surface area (Å²) >= 11 is 1.50. The van der Waals surface area contributed by atoms with Crippen LogP contribution in [0, 0.1) is 0 Å². The number of hydrogen-bond donors (Lipinski definition) is 0. The average Bonchev–Trinajstić information content (AvgIpc) is 2.96. The Morgan fingerprint density at radius 3 is 3.12 bits per heavy atom. The highest BCUT2D eigenvalue weighted by Gasteiger charge is 2.08. The van der Waals surface area contributed by atoms with Gasteiger partial charge in [0.25, 0.3) is 0 Å². The van der Waals surface area contributed by atoms with Crippen LogP contribution in [0.25, 0.3) is 17.1 Å². The number of nitrogens with zero attached hydrogens (tertiary/aromatic N) is 4. The van der Waals surface area contributed by atoms with Crippen molar-refractivity contribution < 1.29 is 4.42 Å². The number of aromatic nitrogens is 4. The van der Waals surface area contributed by atoms with E-state index < -0.39 is 0 Å². The average molecular weight is 232 g/mol. The second-order valence-corrected chi connectivity index (χ2v) is 3.93. The molecule has 0 spiro atoms. The minimum Gasteiger partial charge on any atom is -0.463 e. The molecule has 0 bridgehead atoms. The zero-order chi connectivity index (χ0) is 11.0. The Morgan fingerprint density at radius 2 is 2.38 bits per heavy atom. The van der Waals surface area contributed by atoms with Crippen LogP contribution in [0.2, 0.25) is 0 Å². The van der Waals surface area contributed by atoms with Gasteiger partial charge in [-0.15, -0.1) is 0 Å². The third kappa shape index (κ3) is 1.47. The Balaban J connectivity index is 2.16. The highest BCUT2D eigenvalue weighted by molar-refractivity contribution is 7.98. The van der Waals surface area contributed by atoms with Crippen LogP contribution in [0.1, 0.15) is 0 Å². The predicted octanol–water partition coefficient (Wildman–Crippen LogP) is 2.11. The van der Waals surface area contributed by atoms with Gasteiger partial charge >= 0.3 is 0 Å². The fourth-order valence-electron chi connectivity index (χ4n) is 1.43. The summed E-state index contributed by atoms with van der Waals surface area (Å²) in [4.78, 5) is 8.48. The van der Waals surface area contributed by atoms with Gasteiger partial charge in [0.2, 0.25) is 0 Å². The molecule has 0 atom stereocenters. The van der Waals surface area contributed by atoms with Crippen LogP contribution in [0.3, 0.4) is 0 Å². The third-order valence-corrected chi connectivity index (χ3v) is 2.72. The lowest BCUT2D eigenvalue weighted by molar-refractivity contribution is 0.579. The minimum absolute atomic E-state index is 0.733. The summed E-state index contributed by atoms with van der Waals surface area (Å²) in [5, 5.41) is 5.05. The molecule has 0 aromatic carbocycles. The zero-order valence-corrected chi connectivity index (χ0v) is 9.31. The number of thioether (sulfide) groups is 1. The molecule has 0 saturated heterocycles. The Kier molecular flexibility index (Phi) is 2.14. The maximum Gasteiger partial charge on any atom is 0.190 e. The fraction of sp³-hybridized carbons (Fsp3) is 0.100. The van der Waals surface area contributed by atoms with Gasteiger partial charge in [0.15, 0.2) is 16.6 Å². The van der Waals surface area contributed by atoms with Crippen LogP contribution in [0.4, 0.5) is 0 Å². The number of rotatable bonds is 2. The van der Waals surface area contributed by atoms with Crippen molar-refractivity contribution in [3.05, 3.63) is 30.8 Å². The van der Waals surface area contributed by atoms with E-state index in [-0.39, 0.29) is 0 Å². The SMILES string of the molecule is CSc1ncn2nc(-c3ccco3)cc2n1. The van der Waals surface area contributed by atoms with Gasteiger partial charge in [-0.3, -0.25) is 0 Å². The fourth-order valence-corrected chi connectivity index (χ4v) is 1.76. The quantitative estimate of drug-likeness (QED) is 0.633. The van der Waals surface area contributed by atoms with Gasteiger partial charge in [-0.2, -0.15) is 5.10 Å². The highest BCUT2D eigenvalue weighted by atomic mass is 32.2. The molecule has 0 aliphatic rings. The Labute approximate surface area is 95.5 Å². The van der Waals surface area contributed by atoms with Crippen molar-refractivity contribution >= 4 is 17.4 Å². The predicted molar refractivity (Wildman–Crippen MR) is 60.3 cm³/mol. The molecule has 0 aliphatic carbocycles. The Bertz CT molecular complexity index is 617. The lowest BCUT2D eigenvalue weighted by atomic mass is 10.3. The number of hydrogen-bond acceptors (Lipinski definition) is 5. The molecule has 5 nitrogen and oxygen atoms in total. The van der Waals surface area contributed by atoms with E-state index in [0.717, 1.165) is 22.3 Å². The molecule has 80 valence electrons. The summed E-state index contributed by atoms with van der Waals surface area (Å²) in [5.41, 5.74) is 1.53. The molecule has 0 saturated carbocycles. The molecule has 0 unspecified atom stereocenters. The standard InChI is InChI=1S/C10H8N4OS/c1-16-10-11-6-14-9(12-10)5-7(13-14)8-3-2-4-15-8/h2-6H,1H3. The van der Waals surface area contributed by atoms with E-state index >= 15 is 0 Å². The summed E-state index contributed by atoms with van der Waals surface area (Å²) in [6.45, 7) is 0. The maximum atomic E-state index is 5.28. The lowest BCUT2D eigenvalue weighted by Gasteiger charge is -1.93. The van der Waals surface area contributed by atoms with E-state index in [0.29, 0.717) is 0 Å². The molecular weight excluding hydrogens is 224 g/mol. The van der Waals surface area contributed by atoms with Gasteiger partial charge < -0.3 is 4.42 Å². The Hall–Kier alpha value is -1.82. The van der Waals surface area contributed by atoms with E-state index in [9.17, 15) is 0 Å². The molecule has 0 fully saturated rings. The molecule has 0 amide bonds. The molecule has 0 N–H and O–H groups in total. The molecule has 16 heavy (non-hydrogen) atoms. The Morgan fingerprint density at radius 1 is 1.44 bits per heavy atom. The summed E-state index contributed by atoms with van der Waals surface area (Å²) < 4.78 is 6.91. The molecule has 3 rings (SSSR count). The molecule has 0 radical (unpaired) electrons. The molecule has 3 heterocycles. The van der Waals surface area contributed by atoms with Gasteiger partial charge in [0.05, 0.1) is 6.26 Å². The van der Waals surface area contributed by atoms with E-state index in [2.05, 4.69) is 15.1 Å². The second kappa shape index (κ2) is 3.64. The van der Waals surface area contributed by atoms with Crippen LogP contribution in [-0.4, -0.2) is 25.8 Å². The third-order valence-electron chi connectivity index (χ3n) is 2.16. The van der Waals surface area contributed by atoms with Crippen molar-refractivity contribution in [2.75, 3.05) is 6.26 Å². The van der Waals surface area contributed by atoms with Crippen molar-refractivity contribution in [1.82, 2.24) is 19.6 Å². The first-order chi connectivity index (χ1) is 7.86. The van der Waals surface area contributed by atoms with Gasteiger partial charge in [-0.1, -0.05) is 11.8 Å². The van der Waals surface area contributed by atoms with E-state index in [1.807, 2.05) is 24.5 Å². The van der Waals surface area contributed by atoms with Crippen LogP contribution >= 0.6 is 11.8 Å². The molecule has 3 aromatic rings. The van der Waals surface area contributed by atoms with E-state index in [1.165, 1.54) is 11.8 Å². The molecule has 6 heteroatoms. The first kappa shape index (κ1) is 9.41. The summed E-state index contributed by atoms with van der Waals surface area (Å²) in [5.74, 6) is 0.733. The minimum atomic E-state index is 0.733. The van der Waals surface area contributed by atoms with Gasteiger partial charge in [-0.05, 0) is 18.4 Å². The smallest absolute Gasteiger partial charge is 0.190 e. The van der Waals surface area contributed by atoms with Crippen LogP contribution in [-0.2, 0) is 0 Å². The first-order valence-electron chi connectivity index (χ1n) is 4.67. The van der Waals surface area contributed by atoms with Crippen LogP contribution in [0.5, 0.6) is 0 Å². The first-order valence-corrected chi connectivity index (χ1v) is 5.89.